The zero-order valence-corrected chi connectivity index (χ0v) is 9.34. The lowest BCUT2D eigenvalue weighted by Gasteiger charge is -2.21. The molecule has 0 amide bonds. The predicted octanol–water partition coefficient (Wildman–Crippen LogP) is 0.784. The molecule has 0 aliphatic rings. The van der Waals surface area contributed by atoms with Crippen molar-refractivity contribution >= 4 is 17.3 Å². The van der Waals surface area contributed by atoms with Crippen molar-refractivity contribution in [2.75, 3.05) is 24.2 Å². The summed E-state index contributed by atoms with van der Waals surface area (Å²) in [6.07, 6.45) is -0.453. The van der Waals surface area contributed by atoms with E-state index >= 15 is 0 Å². The maximum atomic E-state index is 10.7. The van der Waals surface area contributed by atoms with E-state index < -0.39 is 12.1 Å². The number of nitrogen functional groups attached to an aromatic ring is 1. The molecule has 0 bridgehead atoms. The van der Waals surface area contributed by atoms with Crippen LogP contribution in [0.4, 0.5) is 11.4 Å². The van der Waals surface area contributed by atoms with Crippen molar-refractivity contribution in [2.45, 2.75) is 13.0 Å². The highest BCUT2D eigenvalue weighted by Crippen LogP contribution is 2.20. The normalized spacial score (nSPS) is 12.2. The minimum Gasteiger partial charge on any atom is -0.478 e. The number of aliphatic hydroxyl groups excluding tert-OH is 1. The molecule has 0 heterocycles. The molecule has 0 saturated carbocycles. The number of hydrogen-bond donors (Lipinski definition) is 3. The summed E-state index contributed by atoms with van der Waals surface area (Å²) in [5, 5.41) is 18.0. The van der Waals surface area contributed by atoms with Crippen LogP contribution in [0.15, 0.2) is 18.2 Å². The number of carbonyl (C=O) groups is 1. The summed E-state index contributed by atoms with van der Waals surface area (Å²) in [6.45, 7) is 2.15. The Morgan fingerprint density at radius 3 is 2.62 bits per heavy atom. The van der Waals surface area contributed by atoms with E-state index in [4.69, 9.17) is 10.8 Å². The molecule has 5 nitrogen and oxygen atoms in total. The first-order chi connectivity index (χ1) is 7.41. The second-order valence-corrected chi connectivity index (χ2v) is 3.81. The van der Waals surface area contributed by atoms with E-state index in [9.17, 15) is 9.90 Å². The van der Waals surface area contributed by atoms with Crippen LogP contribution in [0.1, 0.15) is 17.3 Å². The van der Waals surface area contributed by atoms with Crippen molar-refractivity contribution in [1.29, 1.82) is 0 Å². The minimum absolute atomic E-state index is 0.0918. The lowest BCUT2D eigenvalue weighted by atomic mass is 10.1. The fraction of sp³-hybridized carbons (Fsp3) is 0.364. The lowest BCUT2D eigenvalue weighted by Crippen LogP contribution is -2.26. The number of carboxylic acid groups (broad SMARTS) is 1. The molecule has 1 aromatic carbocycles. The van der Waals surface area contributed by atoms with Crippen LogP contribution in [-0.4, -0.2) is 35.9 Å². The van der Waals surface area contributed by atoms with Gasteiger partial charge in [0.2, 0.25) is 0 Å². The van der Waals surface area contributed by atoms with Gasteiger partial charge < -0.3 is 20.8 Å². The fourth-order valence-corrected chi connectivity index (χ4v) is 1.48. The fourth-order valence-electron chi connectivity index (χ4n) is 1.48. The van der Waals surface area contributed by atoms with E-state index in [2.05, 4.69) is 0 Å². The second-order valence-electron chi connectivity index (χ2n) is 3.81. The molecule has 0 aliphatic carbocycles. The number of aromatic carboxylic acids is 1. The molecular weight excluding hydrogens is 208 g/mol. The number of nitrogens with two attached hydrogens (primary N) is 1. The van der Waals surface area contributed by atoms with Crippen LogP contribution in [-0.2, 0) is 0 Å². The van der Waals surface area contributed by atoms with E-state index in [1.807, 2.05) is 11.9 Å². The number of aliphatic hydroxyl groups is 1. The van der Waals surface area contributed by atoms with Gasteiger partial charge in [0.1, 0.15) is 0 Å². The maximum absolute atomic E-state index is 10.7. The zero-order valence-electron chi connectivity index (χ0n) is 9.34. The molecular formula is C11H16N2O3. The number of benzene rings is 1. The number of likely N-dealkylation sites (N-methyl/N-ethyl adjacent to an activating group) is 1. The van der Waals surface area contributed by atoms with Gasteiger partial charge in [-0.2, -0.15) is 0 Å². The Morgan fingerprint density at radius 1 is 1.56 bits per heavy atom. The molecule has 1 aromatic rings. The standard InChI is InChI=1S/C11H16N2O3/c1-7(14)6-13(2)8-3-4-9(11(15)16)10(12)5-8/h3-5,7,14H,6,12H2,1-2H3,(H,15,16). The second kappa shape index (κ2) is 4.85. The van der Waals surface area contributed by atoms with Crippen molar-refractivity contribution in [3.8, 4) is 0 Å². The van der Waals surface area contributed by atoms with Gasteiger partial charge in [-0.15, -0.1) is 0 Å². The van der Waals surface area contributed by atoms with Crippen molar-refractivity contribution in [2.24, 2.45) is 0 Å². The Bertz CT molecular complexity index is 391. The molecule has 1 atom stereocenters. The van der Waals surface area contributed by atoms with Crippen LogP contribution in [0.2, 0.25) is 0 Å². The summed E-state index contributed by atoms with van der Waals surface area (Å²) >= 11 is 0. The third kappa shape index (κ3) is 2.87. The Hall–Kier alpha value is -1.75. The Labute approximate surface area is 94.1 Å². The molecule has 4 N–H and O–H groups in total. The highest BCUT2D eigenvalue weighted by molar-refractivity contribution is 5.94. The van der Waals surface area contributed by atoms with Crippen LogP contribution >= 0.6 is 0 Å². The van der Waals surface area contributed by atoms with Crippen LogP contribution in [0.3, 0.4) is 0 Å². The Kier molecular flexibility index (Phi) is 3.73. The van der Waals surface area contributed by atoms with Crippen molar-refractivity contribution in [3.63, 3.8) is 0 Å². The van der Waals surface area contributed by atoms with Gasteiger partial charge in [-0.25, -0.2) is 4.79 Å². The van der Waals surface area contributed by atoms with Crippen molar-refractivity contribution < 1.29 is 15.0 Å². The van der Waals surface area contributed by atoms with Gasteiger partial charge in [-0.1, -0.05) is 0 Å². The van der Waals surface area contributed by atoms with Gasteiger partial charge in [0.05, 0.1) is 11.7 Å². The largest absolute Gasteiger partial charge is 0.478 e. The average molecular weight is 224 g/mol. The Morgan fingerprint density at radius 2 is 2.19 bits per heavy atom. The molecule has 0 aromatic heterocycles. The van der Waals surface area contributed by atoms with E-state index in [1.54, 1.807) is 19.1 Å². The van der Waals surface area contributed by atoms with Gasteiger partial charge in [0, 0.05) is 25.0 Å². The summed E-state index contributed by atoms with van der Waals surface area (Å²) < 4.78 is 0. The summed E-state index contributed by atoms with van der Waals surface area (Å²) in [6, 6.07) is 4.72. The number of rotatable bonds is 4. The number of anilines is 2. The molecule has 88 valence electrons. The highest BCUT2D eigenvalue weighted by atomic mass is 16.4. The molecule has 0 spiro atoms. The van der Waals surface area contributed by atoms with Gasteiger partial charge in [0.15, 0.2) is 0 Å². The van der Waals surface area contributed by atoms with E-state index in [-0.39, 0.29) is 11.3 Å². The summed E-state index contributed by atoms with van der Waals surface area (Å²) in [5.74, 6) is -1.04. The molecule has 0 radical (unpaired) electrons. The number of hydrogen-bond acceptors (Lipinski definition) is 4. The Balaban J connectivity index is 2.92. The molecule has 0 saturated heterocycles. The first-order valence-electron chi connectivity index (χ1n) is 4.94. The molecule has 5 heteroatoms. The summed E-state index contributed by atoms with van der Waals surface area (Å²) in [4.78, 5) is 12.6. The van der Waals surface area contributed by atoms with Crippen LogP contribution in [0.5, 0.6) is 0 Å². The lowest BCUT2D eigenvalue weighted by molar-refractivity contribution is 0.0698. The van der Waals surface area contributed by atoms with Crippen molar-refractivity contribution in [3.05, 3.63) is 23.8 Å². The highest BCUT2D eigenvalue weighted by Gasteiger charge is 2.10. The molecule has 0 aliphatic heterocycles. The van der Waals surface area contributed by atoms with Gasteiger partial charge in [0.25, 0.3) is 0 Å². The van der Waals surface area contributed by atoms with Crippen molar-refractivity contribution in [1.82, 2.24) is 0 Å². The summed E-state index contributed by atoms with van der Waals surface area (Å²) in [7, 11) is 1.81. The monoisotopic (exact) mass is 224 g/mol. The van der Waals surface area contributed by atoms with Gasteiger partial charge in [-0.05, 0) is 25.1 Å². The van der Waals surface area contributed by atoms with Crippen LogP contribution in [0, 0.1) is 0 Å². The van der Waals surface area contributed by atoms with E-state index in [0.717, 1.165) is 5.69 Å². The van der Waals surface area contributed by atoms with Gasteiger partial charge >= 0.3 is 5.97 Å². The molecule has 1 unspecified atom stereocenters. The molecule has 16 heavy (non-hydrogen) atoms. The third-order valence-electron chi connectivity index (χ3n) is 2.24. The van der Waals surface area contributed by atoms with E-state index in [1.165, 1.54) is 6.07 Å². The molecule has 1 rings (SSSR count). The van der Waals surface area contributed by atoms with Crippen LogP contribution < -0.4 is 10.6 Å². The van der Waals surface area contributed by atoms with E-state index in [0.29, 0.717) is 6.54 Å². The number of nitrogens with zero attached hydrogens (tertiary/aromatic N) is 1. The first kappa shape index (κ1) is 12.3. The zero-order chi connectivity index (χ0) is 12.3. The predicted molar refractivity (Wildman–Crippen MR) is 62.8 cm³/mol. The maximum Gasteiger partial charge on any atom is 0.337 e. The SMILES string of the molecule is CC(O)CN(C)c1ccc(C(=O)O)c(N)c1. The third-order valence-corrected chi connectivity index (χ3v) is 2.24. The quantitative estimate of drug-likeness (QED) is 0.658. The minimum atomic E-state index is -1.04. The summed E-state index contributed by atoms with van der Waals surface area (Å²) in [5.41, 5.74) is 6.72. The smallest absolute Gasteiger partial charge is 0.337 e. The van der Waals surface area contributed by atoms with Gasteiger partial charge in [-0.3, -0.25) is 0 Å². The molecule has 0 fully saturated rings. The average Bonchev–Trinajstić information content (AvgIpc) is 2.15. The topological polar surface area (TPSA) is 86.8 Å². The first-order valence-corrected chi connectivity index (χ1v) is 4.94. The van der Waals surface area contributed by atoms with Crippen LogP contribution in [0.25, 0.3) is 0 Å². The number of carboxylic acids is 1.